The molecule has 1 aromatic heterocycles. The Kier molecular flexibility index (Phi) is 6.85. The van der Waals surface area contributed by atoms with Gasteiger partial charge in [0.2, 0.25) is 0 Å². The first-order valence-corrected chi connectivity index (χ1v) is 9.34. The maximum atomic E-state index is 12.8. The number of benzene rings is 1. The molecule has 2 aromatic rings. The van der Waals surface area contributed by atoms with Crippen LogP contribution in [0.4, 0.5) is 0 Å². The van der Waals surface area contributed by atoms with Crippen molar-refractivity contribution in [3.63, 3.8) is 0 Å². The van der Waals surface area contributed by atoms with Crippen LogP contribution in [0.3, 0.4) is 0 Å². The Hall–Kier alpha value is -2.28. The molecular formula is C19H25NO5S. The van der Waals surface area contributed by atoms with Crippen molar-refractivity contribution in [2.45, 2.75) is 26.7 Å². The Morgan fingerprint density at radius 2 is 1.81 bits per heavy atom. The summed E-state index contributed by atoms with van der Waals surface area (Å²) in [6.07, 6.45) is 1.73. The molecule has 7 heteroatoms. The Bertz CT molecular complexity index is 743. The Labute approximate surface area is 157 Å². The van der Waals surface area contributed by atoms with Gasteiger partial charge in [-0.3, -0.25) is 9.59 Å². The molecule has 0 fully saturated rings. The zero-order valence-electron chi connectivity index (χ0n) is 15.6. The van der Waals surface area contributed by atoms with Crippen molar-refractivity contribution >= 4 is 33.3 Å². The third kappa shape index (κ3) is 4.88. The van der Waals surface area contributed by atoms with Crippen LogP contribution in [-0.4, -0.2) is 49.2 Å². The highest BCUT2D eigenvalue weighted by Gasteiger charge is 2.21. The third-order valence-electron chi connectivity index (χ3n) is 4.06. The molecule has 0 unspecified atom stereocenters. The van der Waals surface area contributed by atoms with Crippen molar-refractivity contribution in [1.82, 2.24) is 4.90 Å². The van der Waals surface area contributed by atoms with E-state index >= 15 is 0 Å². The number of rotatable bonds is 9. The minimum Gasteiger partial charge on any atom is -0.493 e. The number of nitrogens with zero attached hydrogens (tertiary/aromatic N) is 1. The molecule has 1 heterocycles. The van der Waals surface area contributed by atoms with Gasteiger partial charge >= 0.3 is 5.97 Å². The van der Waals surface area contributed by atoms with E-state index in [1.807, 2.05) is 12.1 Å². The monoisotopic (exact) mass is 379 g/mol. The van der Waals surface area contributed by atoms with Gasteiger partial charge < -0.3 is 19.5 Å². The lowest BCUT2D eigenvalue weighted by Gasteiger charge is -2.20. The van der Waals surface area contributed by atoms with Gasteiger partial charge in [-0.05, 0) is 36.3 Å². The van der Waals surface area contributed by atoms with Gasteiger partial charge in [0, 0.05) is 17.3 Å². The van der Waals surface area contributed by atoms with E-state index in [1.165, 1.54) is 16.2 Å². The molecule has 0 saturated heterocycles. The number of carbonyl (C=O) groups excluding carboxylic acids is 1. The molecule has 6 nitrogen and oxygen atoms in total. The number of carboxylic acid groups (broad SMARTS) is 1. The quantitative estimate of drug-likeness (QED) is 0.715. The average Bonchev–Trinajstić information content (AvgIpc) is 3.01. The van der Waals surface area contributed by atoms with Gasteiger partial charge in [0.1, 0.15) is 6.54 Å². The molecule has 1 N–H and O–H groups in total. The minimum absolute atomic E-state index is 0.254. The lowest BCUT2D eigenvalue weighted by Crippen LogP contribution is -2.36. The van der Waals surface area contributed by atoms with Gasteiger partial charge in [0.25, 0.3) is 5.91 Å². The normalized spacial score (nSPS) is 11.0. The Morgan fingerprint density at radius 1 is 1.15 bits per heavy atom. The molecule has 2 rings (SSSR count). The summed E-state index contributed by atoms with van der Waals surface area (Å²) >= 11 is 1.33. The van der Waals surface area contributed by atoms with E-state index in [0.29, 0.717) is 28.8 Å². The zero-order chi connectivity index (χ0) is 19.3. The fourth-order valence-corrected chi connectivity index (χ4v) is 3.77. The molecule has 0 aliphatic heterocycles. The summed E-state index contributed by atoms with van der Waals surface area (Å²) in [5.74, 6) is 0.444. The number of amides is 1. The van der Waals surface area contributed by atoms with E-state index < -0.39 is 5.97 Å². The summed E-state index contributed by atoms with van der Waals surface area (Å²) in [5.41, 5.74) is 0. The molecule has 0 aliphatic carbocycles. The van der Waals surface area contributed by atoms with Crippen LogP contribution in [0.25, 0.3) is 10.1 Å². The van der Waals surface area contributed by atoms with Crippen LogP contribution >= 0.6 is 11.3 Å². The van der Waals surface area contributed by atoms with Gasteiger partial charge in [0.05, 0.1) is 19.1 Å². The molecule has 142 valence electrons. The molecule has 0 aliphatic rings. The molecule has 26 heavy (non-hydrogen) atoms. The first-order chi connectivity index (χ1) is 12.3. The molecule has 0 bridgehead atoms. The average molecular weight is 379 g/mol. The summed E-state index contributed by atoms with van der Waals surface area (Å²) in [6, 6.07) is 5.43. The summed E-state index contributed by atoms with van der Waals surface area (Å²) in [6.45, 7) is 4.36. The highest BCUT2D eigenvalue weighted by Crippen LogP contribution is 2.36. The van der Waals surface area contributed by atoms with Crippen molar-refractivity contribution in [2.75, 3.05) is 27.3 Å². The van der Waals surface area contributed by atoms with Crippen LogP contribution in [0.15, 0.2) is 18.2 Å². The van der Waals surface area contributed by atoms with Gasteiger partial charge in [0.15, 0.2) is 11.5 Å². The number of thiophene rings is 1. The van der Waals surface area contributed by atoms with Crippen LogP contribution in [-0.2, 0) is 4.79 Å². The van der Waals surface area contributed by atoms with E-state index in [-0.39, 0.29) is 12.5 Å². The van der Waals surface area contributed by atoms with E-state index in [1.54, 1.807) is 20.3 Å². The SMILES string of the molecule is COc1cc2cc(C(=O)N(CCCC(C)C)CC(=O)O)sc2cc1OC. The second-order valence-corrected chi connectivity index (χ2v) is 7.60. The highest BCUT2D eigenvalue weighted by atomic mass is 32.1. The number of methoxy groups -OCH3 is 2. The lowest BCUT2D eigenvalue weighted by atomic mass is 10.1. The number of aliphatic carboxylic acids is 1. The second kappa shape index (κ2) is 8.89. The summed E-state index contributed by atoms with van der Waals surface area (Å²) in [4.78, 5) is 25.9. The van der Waals surface area contributed by atoms with Gasteiger partial charge in [-0.2, -0.15) is 0 Å². The van der Waals surface area contributed by atoms with Crippen LogP contribution < -0.4 is 9.47 Å². The van der Waals surface area contributed by atoms with E-state index in [9.17, 15) is 9.59 Å². The molecule has 0 saturated carbocycles. The number of hydrogen-bond donors (Lipinski definition) is 1. The van der Waals surface area contributed by atoms with Crippen LogP contribution in [0.1, 0.15) is 36.4 Å². The standard InChI is InChI=1S/C19H25NO5S/c1-12(2)6-5-7-20(11-18(21)22)19(23)17-9-13-8-14(24-3)15(25-4)10-16(13)26-17/h8-10,12H,5-7,11H2,1-4H3,(H,21,22). The Balaban J connectivity index is 2.27. The van der Waals surface area contributed by atoms with E-state index in [0.717, 1.165) is 22.9 Å². The number of carbonyl (C=O) groups is 2. The van der Waals surface area contributed by atoms with Gasteiger partial charge in [-0.25, -0.2) is 0 Å². The number of carboxylic acids is 1. The predicted octanol–water partition coefficient (Wildman–Crippen LogP) is 3.88. The molecular weight excluding hydrogens is 354 g/mol. The predicted molar refractivity (Wildman–Crippen MR) is 103 cm³/mol. The molecule has 0 spiro atoms. The van der Waals surface area contributed by atoms with Crippen molar-refractivity contribution in [3.05, 3.63) is 23.1 Å². The van der Waals surface area contributed by atoms with Crippen molar-refractivity contribution in [1.29, 1.82) is 0 Å². The largest absolute Gasteiger partial charge is 0.493 e. The number of ether oxygens (including phenoxy) is 2. The van der Waals surface area contributed by atoms with Crippen LogP contribution in [0.2, 0.25) is 0 Å². The van der Waals surface area contributed by atoms with Crippen LogP contribution in [0.5, 0.6) is 11.5 Å². The Morgan fingerprint density at radius 3 is 2.38 bits per heavy atom. The number of fused-ring (bicyclic) bond motifs is 1. The summed E-state index contributed by atoms with van der Waals surface area (Å²) in [5, 5.41) is 10.0. The fourth-order valence-electron chi connectivity index (χ4n) is 2.73. The van der Waals surface area contributed by atoms with Gasteiger partial charge in [-0.1, -0.05) is 13.8 Å². The molecule has 1 aromatic carbocycles. The number of hydrogen-bond acceptors (Lipinski definition) is 5. The fraction of sp³-hybridized carbons (Fsp3) is 0.474. The molecule has 1 amide bonds. The minimum atomic E-state index is -1.01. The first kappa shape index (κ1) is 20.0. The topological polar surface area (TPSA) is 76.1 Å². The molecule has 0 atom stereocenters. The van der Waals surface area contributed by atoms with Crippen molar-refractivity contribution in [2.24, 2.45) is 5.92 Å². The maximum absolute atomic E-state index is 12.8. The third-order valence-corrected chi connectivity index (χ3v) is 5.14. The highest BCUT2D eigenvalue weighted by molar-refractivity contribution is 7.20. The van der Waals surface area contributed by atoms with E-state index in [4.69, 9.17) is 14.6 Å². The maximum Gasteiger partial charge on any atom is 0.323 e. The summed E-state index contributed by atoms with van der Waals surface area (Å²) in [7, 11) is 3.12. The van der Waals surface area contributed by atoms with Crippen molar-refractivity contribution < 1.29 is 24.2 Å². The van der Waals surface area contributed by atoms with Crippen molar-refractivity contribution in [3.8, 4) is 11.5 Å². The first-order valence-electron chi connectivity index (χ1n) is 8.52. The lowest BCUT2D eigenvalue weighted by molar-refractivity contribution is -0.137. The van der Waals surface area contributed by atoms with Gasteiger partial charge in [-0.15, -0.1) is 11.3 Å². The second-order valence-electron chi connectivity index (χ2n) is 6.51. The van der Waals surface area contributed by atoms with E-state index in [2.05, 4.69) is 13.8 Å². The zero-order valence-corrected chi connectivity index (χ0v) is 16.4. The summed E-state index contributed by atoms with van der Waals surface area (Å²) < 4.78 is 11.5. The van der Waals surface area contributed by atoms with Crippen LogP contribution in [0, 0.1) is 5.92 Å². The molecule has 0 radical (unpaired) electrons. The smallest absolute Gasteiger partial charge is 0.323 e.